The summed E-state index contributed by atoms with van der Waals surface area (Å²) in [4.78, 5) is 11.6. The molecule has 5 heteroatoms. The molecule has 4 nitrogen and oxygen atoms in total. The van der Waals surface area contributed by atoms with E-state index in [1.807, 2.05) is 36.4 Å². The first-order valence-corrected chi connectivity index (χ1v) is 8.33. The molecule has 0 spiro atoms. The van der Waals surface area contributed by atoms with Gasteiger partial charge in [-0.05, 0) is 42.9 Å². The number of aliphatic hydroxyl groups excluding tert-OH is 1. The molecule has 0 saturated heterocycles. The van der Waals surface area contributed by atoms with Crippen molar-refractivity contribution < 1.29 is 9.90 Å². The summed E-state index contributed by atoms with van der Waals surface area (Å²) in [7, 11) is 0.343. The molecule has 0 saturated carbocycles. The minimum Gasteiger partial charge on any atom is -0.387 e. The summed E-state index contributed by atoms with van der Waals surface area (Å²) in [5.74, 6) is -0.0120. The summed E-state index contributed by atoms with van der Waals surface area (Å²) in [5.41, 5.74) is 3.69. The van der Waals surface area contributed by atoms with E-state index in [0.29, 0.717) is 13.8 Å². The van der Waals surface area contributed by atoms with Crippen molar-refractivity contribution in [1.82, 2.24) is 5.32 Å². The number of carbonyl (C=O) groups excluding carboxylic acids is 1. The van der Waals surface area contributed by atoms with E-state index in [-0.39, 0.29) is 11.3 Å². The van der Waals surface area contributed by atoms with Gasteiger partial charge in [0.25, 0.3) is 7.28 Å². The largest absolute Gasteiger partial charge is 0.387 e. The SMILES string of the molecule is CC(C)(Cc1ccccc1)NCC(O)c1cccc2c1BC(=O)N2. The second-order valence-corrected chi connectivity index (χ2v) is 7.04. The van der Waals surface area contributed by atoms with Gasteiger partial charge in [-0.1, -0.05) is 42.5 Å². The van der Waals surface area contributed by atoms with Gasteiger partial charge in [-0.15, -0.1) is 0 Å². The summed E-state index contributed by atoms with van der Waals surface area (Å²) in [6.45, 7) is 4.71. The van der Waals surface area contributed by atoms with Crippen LogP contribution in [-0.4, -0.2) is 30.3 Å². The van der Waals surface area contributed by atoms with Crippen molar-refractivity contribution in [2.45, 2.75) is 31.9 Å². The molecule has 3 N–H and O–H groups in total. The van der Waals surface area contributed by atoms with E-state index in [4.69, 9.17) is 0 Å². The molecular weight excluding hydrogens is 299 g/mol. The molecule has 24 heavy (non-hydrogen) atoms. The molecule has 1 heterocycles. The second kappa shape index (κ2) is 6.79. The Morgan fingerprint density at radius 2 is 1.92 bits per heavy atom. The predicted molar refractivity (Wildman–Crippen MR) is 99.4 cm³/mol. The molecule has 0 aromatic heterocycles. The quantitative estimate of drug-likeness (QED) is 0.712. The maximum absolute atomic E-state index is 11.6. The Labute approximate surface area is 143 Å². The number of hydrogen-bond acceptors (Lipinski definition) is 3. The molecule has 0 fully saturated rings. The van der Waals surface area contributed by atoms with Crippen molar-refractivity contribution in [3.05, 3.63) is 59.7 Å². The zero-order valence-electron chi connectivity index (χ0n) is 14.2. The fourth-order valence-electron chi connectivity index (χ4n) is 3.24. The number of amides is 1. The van der Waals surface area contributed by atoms with Crippen LogP contribution in [0.25, 0.3) is 0 Å². The van der Waals surface area contributed by atoms with Crippen LogP contribution >= 0.6 is 0 Å². The van der Waals surface area contributed by atoms with Gasteiger partial charge in [0.05, 0.1) is 6.10 Å². The molecule has 0 aliphatic carbocycles. The van der Waals surface area contributed by atoms with Crippen LogP contribution < -0.4 is 16.1 Å². The van der Waals surface area contributed by atoms with Crippen LogP contribution in [0, 0.1) is 0 Å². The first kappa shape index (κ1) is 16.7. The number of carbonyl (C=O) groups is 1. The number of benzene rings is 2. The third kappa shape index (κ3) is 3.86. The lowest BCUT2D eigenvalue weighted by atomic mass is 9.69. The number of fused-ring (bicyclic) bond motifs is 1. The molecule has 3 rings (SSSR count). The first-order chi connectivity index (χ1) is 11.4. The summed E-state index contributed by atoms with van der Waals surface area (Å²) >= 11 is 0. The highest BCUT2D eigenvalue weighted by atomic mass is 16.3. The van der Waals surface area contributed by atoms with Crippen molar-refractivity contribution in [3.8, 4) is 0 Å². The lowest BCUT2D eigenvalue weighted by molar-refractivity contribution is 0.161. The van der Waals surface area contributed by atoms with Crippen molar-refractivity contribution >= 4 is 24.2 Å². The molecule has 2 aromatic rings. The Bertz CT molecular complexity index is 731. The maximum Gasteiger partial charge on any atom is 0.270 e. The summed E-state index contributed by atoms with van der Waals surface area (Å²) in [5, 5.41) is 16.9. The monoisotopic (exact) mass is 322 g/mol. The van der Waals surface area contributed by atoms with Crippen molar-refractivity contribution in [2.24, 2.45) is 0 Å². The highest BCUT2D eigenvalue weighted by Gasteiger charge is 2.26. The fraction of sp³-hybridized carbons (Fsp3) is 0.316. The fourth-order valence-corrected chi connectivity index (χ4v) is 3.24. The van der Waals surface area contributed by atoms with Gasteiger partial charge in [0.2, 0.25) is 0 Å². The number of β-amino-alcohol motifs (C(OH)–C–C–N with tert-alkyl or cyclic N) is 1. The van der Waals surface area contributed by atoms with Gasteiger partial charge in [0, 0.05) is 17.8 Å². The number of hydrogen-bond donors (Lipinski definition) is 3. The second-order valence-electron chi connectivity index (χ2n) is 7.04. The minimum absolute atomic E-state index is 0.0120. The van der Waals surface area contributed by atoms with Gasteiger partial charge in [-0.3, -0.25) is 4.79 Å². The molecule has 1 aliphatic rings. The van der Waals surface area contributed by atoms with E-state index in [1.165, 1.54) is 5.56 Å². The molecule has 124 valence electrons. The Kier molecular flexibility index (Phi) is 4.74. The third-order valence-corrected chi connectivity index (χ3v) is 4.45. The van der Waals surface area contributed by atoms with Crippen LogP contribution in [0.1, 0.15) is 31.1 Å². The molecule has 1 amide bonds. The molecule has 2 aromatic carbocycles. The number of aliphatic hydroxyl groups is 1. The lowest BCUT2D eigenvalue weighted by Gasteiger charge is -2.28. The Morgan fingerprint density at radius 1 is 1.17 bits per heavy atom. The van der Waals surface area contributed by atoms with Crippen LogP contribution in [0.15, 0.2) is 48.5 Å². The van der Waals surface area contributed by atoms with Crippen LogP contribution in [0.3, 0.4) is 0 Å². The highest BCUT2D eigenvalue weighted by molar-refractivity contribution is 6.89. The van der Waals surface area contributed by atoms with Gasteiger partial charge in [-0.2, -0.15) is 0 Å². The van der Waals surface area contributed by atoms with E-state index in [1.54, 1.807) is 0 Å². The third-order valence-electron chi connectivity index (χ3n) is 4.45. The van der Waals surface area contributed by atoms with Crippen LogP contribution in [-0.2, 0) is 6.42 Å². The first-order valence-electron chi connectivity index (χ1n) is 8.33. The van der Waals surface area contributed by atoms with Crippen molar-refractivity contribution in [2.75, 3.05) is 11.9 Å². The minimum atomic E-state index is -0.636. The van der Waals surface area contributed by atoms with Gasteiger partial charge < -0.3 is 15.7 Å². The zero-order valence-corrected chi connectivity index (χ0v) is 14.2. The molecule has 0 bridgehead atoms. The average molecular weight is 322 g/mol. The standard InChI is InChI=1S/C19H23BN2O2/c1-19(2,11-13-7-4-3-5-8-13)21-12-16(23)14-9-6-10-15-17(14)20-18(24)22-15/h3-10,16,20-21,23H,11-12H2,1-2H3,(H,22,24). The van der Waals surface area contributed by atoms with Gasteiger partial charge >= 0.3 is 0 Å². The summed E-state index contributed by atoms with van der Waals surface area (Å²) < 4.78 is 0. The molecule has 1 aliphatic heterocycles. The predicted octanol–water partition coefficient (Wildman–Crippen LogP) is 1.94. The number of rotatable bonds is 6. The molecular formula is C19H23BN2O2. The van der Waals surface area contributed by atoms with Crippen LogP contribution in [0.5, 0.6) is 0 Å². The normalized spacial score (nSPS) is 14.7. The highest BCUT2D eigenvalue weighted by Crippen LogP contribution is 2.19. The van der Waals surface area contributed by atoms with Crippen LogP contribution in [0.4, 0.5) is 10.5 Å². The molecule has 1 unspecified atom stereocenters. The van der Waals surface area contributed by atoms with E-state index >= 15 is 0 Å². The van der Waals surface area contributed by atoms with E-state index in [9.17, 15) is 9.90 Å². The Balaban J connectivity index is 1.65. The summed E-state index contributed by atoms with van der Waals surface area (Å²) in [6.07, 6.45) is 0.246. The topological polar surface area (TPSA) is 61.4 Å². The van der Waals surface area contributed by atoms with Crippen molar-refractivity contribution in [3.63, 3.8) is 0 Å². The number of nitrogens with one attached hydrogen (secondary N) is 2. The summed E-state index contributed by atoms with van der Waals surface area (Å²) in [6, 6.07) is 16.0. The Morgan fingerprint density at radius 3 is 2.67 bits per heavy atom. The molecule has 0 radical (unpaired) electrons. The van der Waals surface area contributed by atoms with E-state index in [2.05, 4.69) is 36.6 Å². The Hall–Kier alpha value is -2.11. The number of anilines is 1. The van der Waals surface area contributed by atoms with Gasteiger partial charge in [0.15, 0.2) is 5.81 Å². The lowest BCUT2D eigenvalue weighted by Crippen LogP contribution is -2.44. The average Bonchev–Trinajstić information content (AvgIpc) is 2.93. The van der Waals surface area contributed by atoms with E-state index < -0.39 is 6.10 Å². The van der Waals surface area contributed by atoms with Gasteiger partial charge in [0.1, 0.15) is 0 Å². The van der Waals surface area contributed by atoms with E-state index in [0.717, 1.165) is 23.1 Å². The van der Waals surface area contributed by atoms with Crippen LogP contribution in [0.2, 0.25) is 0 Å². The van der Waals surface area contributed by atoms with Crippen molar-refractivity contribution in [1.29, 1.82) is 0 Å². The maximum atomic E-state index is 11.6. The van der Waals surface area contributed by atoms with Gasteiger partial charge in [-0.25, -0.2) is 0 Å². The smallest absolute Gasteiger partial charge is 0.270 e. The zero-order chi connectivity index (χ0) is 17.2. The molecule has 1 atom stereocenters.